The Morgan fingerprint density at radius 2 is 2.43 bits per heavy atom. The number of hydrogen-bond acceptors (Lipinski definition) is 3. The van der Waals surface area contributed by atoms with E-state index in [9.17, 15) is 4.79 Å². The van der Waals surface area contributed by atoms with Crippen molar-refractivity contribution in [3.8, 4) is 11.8 Å². The van der Waals surface area contributed by atoms with Gasteiger partial charge in [-0.05, 0) is 17.9 Å². The number of nitrogens with two attached hydrogens (primary N) is 1. The predicted octanol–water partition coefficient (Wildman–Crippen LogP) is 1.07. The molecular formula is C10H11NO2S. The Balaban J connectivity index is 2.79. The fraction of sp³-hybridized carbons (Fsp3) is 0.300. The first-order valence-corrected chi connectivity index (χ1v) is 5.05. The summed E-state index contributed by atoms with van der Waals surface area (Å²) in [6.45, 7) is 1.75. The fourth-order valence-electron chi connectivity index (χ4n) is 1.05. The average Bonchev–Trinajstić information content (AvgIpc) is 2.53. The molecule has 3 nitrogen and oxygen atoms in total. The van der Waals surface area contributed by atoms with Crippen LogP contribution in [0.4, 0.5) is 0 Å². The third-order valence-electron chi connectivity index (χ3n) is 1.76. The molecule has 74 valence electrons. The zero-order chi connectivity index (χ0) is 10.6. The molecule has 0 spiro atoms. The summed E-state index contributed by atoms with van der Waals surface area (Å²) in [6.07, 6.45) is 0.336. The van der Waals surface area contributed by atoms with E-state index in [1.165, 1.54) is 11.3 Å². The number of hydrogen-bond donors (Lipinski definition) is 2. The minimum atomic E-state index is -0.980. The quantitative estimate of drug-likeness (QED) is 0.732. The third-order valence-corrected chi connectivity index (χ3v) is 2.55. The smallest absolute Gasteiger partial charge is 0.320 e. The van der Waals surface area contributed by atoms with Crippen molar-refractivity contribution in [1.29, 1.82) is 0 Å². The molecule has 0 aliphatic rings. The zero-order valence-corrected chi connectivity index (χ0v) is 8.60. The molecule has 0 fully saturated rings. The van der Waals surface area contributed by atoms with E-state index in [-0.39, 0.29) is 0 Å². The van der Waals surface area contributed by atoms with Crippen molar-refractivity contribution in [3.63, 3.8) is 0 Å². The maximum atomic E-state index is 10.5. The molecule has 0 saturated heterocycles. The lowest BCUT2D eigenvalue weighted by Gasteiger charge is -2.04. The van der Waals surface area contributed by atoms with Gasteiger partial charge in [-0.15, -0.1) is 5.92 Å². The van der Waals surface area contributed by atoms with E-state index < -0.39 is 12.0 Å². The van der Waals surface area contributed by atoms with E-state index in [2.05, 4.69) is 11.8 Å². The molecule has 0 saturated carbocycles. The summed E-state index contributed by atoms with van der Waals surface area (Å²) in [5.74, 6) is 4.71. The van der Waals surface area contributed by atoms with Crippen LogP contribution >= 0.6 is 11.3 Å². The van der Waals surface area contributed by atoms with Gasteiger partial charge in [0.1, 0.15) is 6.04 Å². The van der Waals surface area contributed by atoms with E-state index in [1.807, 2.05) is 10.8 Å². The largest absolute Gasteiger partial charge is 0.480 e. The highest BCUT2D eigenvalue weighted by molar-refractivity contribution is 7.08. The van der Waals surface area contributed by atoms with Crippen molar-refractivity contribution >= 4 is 17.3 Å². The number of aliphatic carboxylic acids is 1. The Kier molecular flexibility index (Phi) is 3.69. The van der Waals surface area contributed by atoms with Crippen molar-refractivity contribution < 1.29 is 9.90 Å². The number of carboxylic acid groups (broad SMARTS) is 1. The van der Waals surface area contributed by atoms with Gasteiger partial charge in [0.15, 0.2) is 0 Å². The van der Waals surface area contributed by atoms with Crippen LogP contribution in [0.15, 0.2) is 10.8 Å². The van der Waals surface area contributed by atoms with Crippen molar-refractivity contribution in [3.05, 3.63) is 21.9 Å². The topological polar surface area (TPSA) is 63.3 Å². The Bertz CT molecular complexity index is 386. The van der Waals surface area contributed by atoms with E-state index in [0.29, 0.717) is 6.42 Å². The molecular weight excluding hydrogens is 198 g/mol. The van der Waals surface area contributed by atoms with Crippen LogP contribution in [0.3, 0.4) is 0 Å². The molecule has 1 heterocycles. The minimum absolute atomic E-state index is 0.336. The number of carbonyl (C=O) groups is 1. The second-order valence-electron chi connectivity index (χ2n) is 2.83. The molecule has 0 bridgehead atoms. The Morgan fingerprint density at radius 1 is 1.71 bits per heavy atom. The zero-order valence-electron chi connectivity index (χ0n) is 7.78. The Hall–Kier alpha value is -1.31. The number of rotatable bonds is 3. The summed E-state index contributed by atoms with van der Waals surface area (Å²) < 4.78 is 0. The second-order valence-corrected chi connectivity index (χ2v) is 3.58. The first-order chi connectivity index (χ1) is 6.65. The highest BCUT2D eigenvalue weighted by atomic mass is 32.1. The second kappa shape index (κ2) is 4.80. The summed E-state index contributed by atoms with van der Waals surface area (Å²) in [6, 6.07) is -0.845. The lowest BCUT2D eigenvalue weighted by atomic mass is 10.1. The van der Waals surface area contributed by atoms with E-state index in [0.717, 1.165) is 11.1 Å². The molecule has 0 radical (unpaired) electrons. The molecule has 0 aliphatic carbocycles. The minimum Gasteiger partial charge on any atom is -0.480 e. The number of carboxylic acids is 1. The molecule has 1 atom stereocenters. The Labute approximate surface area is 86.6 Å². The SMILES string of the molecule is CC#Cc1cscc1CC(N)C(=O)O. The van der Waals surface area contributed by atoms with Crippen molar-refractivity contribution in [2.24, 2.45) is 5.73 Å². The summed E-state index contributed by atoms with van der Waals surface area (Å²) >= 11 is 1.51. The highest BCUT2D eigenvalue weighted by Gasteiger charge is 2.14. The average molecular weight is 209 g/mol. The van der Waals surface area contributed by atoms with Gasteiger partial charge in [-0.1, -0.05) is 5.92 Å². The fourth-order valence-corrected chi connectivity index (χ4v) is 1.85. The van der Waals surface area contributed by atoms with E-state index in [1.54, 1.807) is 6.92 Å². The van der Waals surface area contributed by atoms with Gasteiger partial charge >= 0.3 is 5.97 Å². The third kappa shape index (κ3) is 2.59. The van der Waals surface area contributed by atoms with Crippen LogP contribution < -0.4 is 5.73 Å². The lowest BCUT2D eigenvalue weighted by Crippen LogP contribution is -2.32. The first kappa shape index (κ1) is 10.8. The lowest BCUT2D eigenvalue weighted by molar-refractivity contribution is -0.138. The molecule has 1 rings (SSSR count). The molecule has 0 aromatic carbocycles. The highest BCUT2D eigenvalue weighted by Crippen LogP contribution is 2.15. The molecule has 1 aromatic rings. The van der Waals surface area contributed by atoms with Crippen LogP contribution in [0.1, 0.15) is 18.1 Å². The van der Waals surface area contributed by atoms with Gasteiger partial charge in [-0.25, -0.2) is 0 Å². The molecule has 0 aliphatic heterocycles. The monoisotopic (exact) mass is 209 g/mol. The maximum Gasteiger partial charge on any atom is 0.320 e. The van der Waals surface area contributed by atoms with E-state index in [4.69, 9.17) is 10.8 Å². The molecule has 14 heavy (non-hydrogen) atoms. The van der Waals surface area contributed by atoms with Gasteiger partial charge in [0.25, 0.3) is 0 Å². The predicted molar refractivity (Wildman–Crippen MR) is 56.2 cm³/mol. The molecule has 4 heteroatoms. The summed E-state index contributed by atoms with van der Waals surface area (Å²) in [5, 5.41) is 12.4. The maximum absolute atomic E-state index is 10.5. The molecule has 3 N–H and O–H groups in total. The van der Waals surface area contributed by atoms with Gasteiger partial charge < -0.3 is 10.8 Å². The van der Waals surface area contributed by atoms with Gasteiger partial charge in [-0.3, -0.25) is 4.79 Å². The van der Waals surface area contributed by atoms with Crippen LogP contribution in [-0.4, -0.2) is 17.1 Å². The summed E-state index contributed by atoms with van der Waals surface area (Å²) in [4.78, 5) is 10.5. The van der Waals surface area contributed by atoms with Crippen LogP contribution in [0.2, 0.25) is 0 Å². The normalized spacial score (nSPS) is 11.6. The first-order valence-electron chi connectivity index (χ1n) is 4.11. The van der Waals surface area contributed by atoms with Crippen LogP contribution in [0.5, 0.6) is 0 Å². The van der Waals surface area contributed by atoms with Crippen molar-refractivity contribution in [1.82, 2.24) is 0 Å². The molecule has 0 amide bonds. The van der Waals surface area contributed by atoms with Gasteiger partial charge in [0.05, 0.1) is 0 Å². The van der Waals surface area contributed by atoms with Crippen molar-refractivity contribution in [2.45, 2.75) is 19.4 Å². The van der Waals surface area contributed by atoms with Crippen molar-refractivity contribution in [2.75, 3.05) is 0 Å². The van der Waals surface area contributed by atoms with Crippen LogP contribution in [0, 0.1) is 11.8 Å². The number of thiophene rings is 1. The summed E-state index contributed by atoms with van der Waals surface area (Å²) in [5.41, 5.74) is 7.23. The van der Waals surface area contributed by atoms with Gasteiger partial charge in [-0.2, -0.15) is 11.3 Å². The van der Waals surface area contributed by atoms with Crippen LogP contribution in [0.25, 0.3) is 0 Å². The molecule has 1 aromatic heterocycles. The van der Waals surface area contributed by atoms with Crippen LogP contribution in [-0.2, 0) is 11.2 Å². The Morgan fingerprint density at radius 3 is 3.00 bits per heavy atom. The molecule has 1 unspecified atom stereocenters. The summed E-state index contributed by atoms with van der Waals surface area (Å²) in [7, 11) is 0. The van der Waals surface area contributed by atoms with Gasteiger partial charge in [0.2, 0.25) is 0 Å². The van der Waals surface area contributed by atoms with Gasteiger partial charge in [0, 0.05) is 17.4 Å². The van der Waals surface area contributed by atoms with E-state index >= 15 is 0 Å². The standard InChI is InChI=1S/C10H11NO2S/c1-2-3-7-5-14-6-8(7)4-9(11)10(12)13/h5-6,9H,4,11H2,1H3,(H,12,13).